The van der Waals surface area contributed by atoms with E-state index in [9.17, 15) is 28.6 Å². The minimum absolute atomic E-state index is 0.0774. The molecule has 6 rings (SSSR count). The lowest BCUT2D eigenvalue weighted by Crippen LogP contribution is -2.37. The molecule has 1 aromatic heterocycles. The molecule has 2 aliphatic carbocycles. The number of nitrogens with zero attached hydrogens (tertiary/aromatic N) is 2. The Balaban J connectivity index is 1.61. The van der Waals surface area contributed by atoms with Gasteiger partial charge in [0.25, 0.3) is 0 Å². The summed E-state index contributed by atoms with van der Waals surface area (Å²) in [5.41, 5.74) is 1.13. The lowest BCUT2D eigenvalue weighted by molar-refractivity contribution is -0.138. The molecule has 3 heterocycles. The largest absolute Gasteiger partial charge is 0.417 e. The zero-order valence-electron chi connectivity index (χ0n) is 20.7. The van der Waals surface area contributed by atoms with Gasteiger partial charge in [0, 0.05) is 48.3 Å². The number of nitriles is 1. The lowest BCUT2D eigenvalue weighted by Gasteiger charge is -2.40. The smallest absolute Gasteiger partial charge is 0.388 e. The van der Waals surface area contributed by atoms with Crippen LogP contribution in [0.25, 0.3) is 0 Å². The Morgan fingerprint density at radius 1 is 1.11 bits per heavy atom. The quantitative estimate of drug-likeness (QED) is 0.552. The maximum Gasteiger partial charge on any atom is 0.417 e. The third-order valence-corrected chi connectivity index (χ3v) is 8.68. The molecule has 2 N–H and O–H groups in total. The van der Waals surface area contributed by atoms with E-state index < -0.39 is 41.2 Å². The maximum absolute atomic E-state index is 13.5. The molecule has 37 heavy (non-hydrogen) atoms. The second-order valence-corrected chi connectivity index (χ2v) is 11.2. The second-order valence-electron chi connectivity index (χ2n) is 11.2. The molecule has 2 aromatic rings. The number of fused-ring (bicyclic) bond motifs is 4. The molecule has 4 aliphatic rings. The minimum Gasteiger partial charge on any atom is -0.388 e. The maximum atomic E-state index is 13.5. The van der Waals surface area contributed by atoms with Crippen LogP contribution in [0.15, 0.2) is 18.2 Å². The zero-order chi connectivity index (χ0) is 26.3. The number of ether oxygens (including phenoxy) is 2. The number of halogens is 3. The van der Waals surface area contributed by atoms with Crippen molar-refractivity contribution in [3.63, 3.8) is 0 Å². The number of hydrogen-bond acceptors (Lipinski definition) is 6. The monoisotopic (exact) mass is 514 g/mol. The number of pyridine rings is 1. The fourth-order valence-electron chi connectivity index (χ4n) is 6.63. The van der Waals surface area contributed by atoms with Crippen LogP contribution >= 0.6 is 0 Å². The van der Waals surface area contributed by atoms with Crippen molar-refractivity contribution in [1.82, 2.24) is 4.98 Å². The molecule has 196 valence electrons. The summed E-state index contributed by atoms with van der Waals surface area (Å²) in [7, 11) is 0. The molecule has 1 unspecified atom stereocenters. The van der Waals surface area contributed by atoms with Crippen molar-refractivity contribution < 1.29 is 32.9 Å². The van der Waals surface area contributed by atoms with E-state index in [1.165, 1.54) is 12.1 Å². The van der Waals surface area contributed by atoms with E-state index in [4.69, 9.17) is 14.5 Å². The van der Waals surface area contributed by atoms with Gasteiger partial charge in [-0.1, -0.05) is 19.9 Å². The van der Waals surface area contributed by atoms with Crippen molar-refractivity contribution in [2.24, 2.45) is 5.41 Å². The summed E-state index contributed by atoms with van der Waals surface area (Å²) in [4.78, 5) is 4.94. The molecule has 6 nitrogen and oxygen atoms in total. The van der Waals surface area contributed by atoms with Gasteiger partial charge in [-0.2, -0.15) is 18.4 Å². The van der Waals surface area contributed by atoms with Crippen molar-refractivity contribution in [3.05, 3.63) is 63.0 Å². The van der Waals surface area contributed by atoms with Crippen molar-refractivity contribution in [2.45, 2.75) is 82.0 Å². The Morgan fingerprint density at radius 2 is 1.81 bits per heavy atom. The Morgan fingerprint density at radius 3 is 2.41 bits per heavy atom. The molecule has 0 bridgehead atoms. The summed E-state index contributed by atoms with van der Waals surface area (Å²) in [6.07, 6.45) is -3.92. The zero-order valence-corrected chi connectivity index (χ0v) is 20.7. The van der Waals surface area contributed by atoms with Crippen molar-refractivity contribution in [1.29, 1.82) is 5.26 Å². The van der Waals surface area contributed by atoms with E-state index in [1.54, 1.807) is 6.07 Å². The Hall–Kier alpha value is -2.51. The second kappa shape index (κ2) is 8.24. The average molecular weight is 515 g/mol. The van der Waals surface area contributed by atoms with Crippen LogP contribution in [-0.4, -0.2) is 28.4 Å². The SMILES string of the molecule is CC(C)c1nc2c(c3c1[C@@H](c1ccc(C(F)(F)F)c(C#N)c1)OC31CCOCC1)C(O)CC1(CC1)[C@H]2O. The first-order valence-corrected chi connectivity index (χ1v) is 12.8. The molecular weight excluding hydrogens is 485 g/mol. The first kappa shape index (κ1) is 24.8. The third kappa shape index (κ3) is 3.64. The molecule has 2 spiro atoms. The predicted octanol–water partition coefficient (Wildman–Crippen LogP) is 5.47. The normalized spacial score (nSPS) is 27.3. The van der Waals surface area contributed by atoms with E-state index in [0.717, 1.165) is 30.0 Å². The summed E-state index contributed by atoms with van der Waals surface area (Å²) in [6.45, 7) is 4.82. The van der Waals surface area contributed by atoms with Gasteiger partial charge in [0.05, 0.1) is 34.6 Å². The fourth-order valence-corrected chi connectivity index (χ4v) is 6.63. The molecule has 1 aromatic carbocycles. The number of aliphatic hydroxyl groups is 2. The van der Waals surface area contributed by atoms with Crippen molar-refractivity contribution in [2.75, 3.05) is 13.2 Å². The minimum atomic E-state index is -4.65. The highest BCUT2D eigenvalue weighted by molar-refractivity contribution is 5.56. The van der Waals surface area contributed by atoms with Gasteiger partial charge < -0.3 is 19.7 Å². The Labute approximate surface area is 213 Å². The van der Waals surface area contributed by atoms with Gasteiger partial charge >= 0.3 is 6.18 Å². The van der Waals surface area contributed by atoms with E-state index >= 15 is 0 Å². The number of hydrogen-bond donors (Lipinski definition) is 2. The molecular formula is C28H29F3N2O4. The highest BCUT2D eigenvalue weighted by Gasteiger charge is 2.59. The number of aliphatic hydroxyl groups excluding tert-OH is 2. The first-order chi connectivity index (χ1) is 17.5. The predicted molar refractivity (Wildman–Crippen MR) is 125 cm³/mol. The van der Waals surface area contributed by atoms with Crippen LogP contribution in [0.2, 0.25) is 0 Å². The molecule has 1 saturated carbocycles. The number of aromatic nitrogens is 1. The number of benzene rings is 1. The molecule has 2 fully saturated rings. The van der Waals surface area contributed by atoms with Crippen LogP contribution in [0.1, 0.15) is 115 Å². The van der Waals surface area contributed by atoms with E-state index in [-0.39, 0.29) is 11.3 Å². The van der Waals surface area contributed by atoms with E-state index in [0.29, 0.717) is 55.0 Å². The Kier molecular flexibility index (Phi) is 5.53. The summed E-state index contributed by atoms with van der Waals surface area (Å²) in [6, 6.07) is 5.24. The standard InChI is InChI=1S/C28H29F3N2O4/c1-14(2)22-20-21(19-18(34)12-26(5-6-26)25(35)23(19)33-22)27(7-9-36-10-8-27)37-24(20)15-3-4-17(28(29,30)31)16(11-15)13-32/h3-4,11,14,18,24-25,34-35H,5-10,12H2,1-2H3/t18?,24-,25+/m1/s1. The Bertz CT molecular complexity index is 1310. The molecule has 9 heteroatoms. The van der Waals surface area contributed by atoms with Crippen LogP contribution in [0.3, 0.4) is 0 Å². The van der Waals surface area contributed by atoms with Crippen LogP contribution < -0.4 is 0 Å². The lowest BCUT2D eigenvalue weighted by atomic mass is 9.72. The molecule has 3 atom stereocenters. The number of rotatable bonds is 2. The first-order valence-electron chi connectivity index (χ1n) is 12.8. The van der Waals surface area contributed by atoms with Crippen molar-refractivity contribution in [3.8, 4) is 6.07 Å². The fraction of sp³-hybridized carbons (Fsp3) is 0.571. The van der Waals surface area contributed by atoms with Gasteiger partial charge in [0.15, 0.2) is 0 Å². The van der Waals surface area contributed by atoms with Gasteiger partial charge in [-0.3, -0.25) is 4.98 Å². The van der Waals surface area contributed by atoms with E-state index in [1.807, 2.05) is 13.8 Å². The summed E-state index contributed by atoms with van der Waals surface area (Å²) < 4.78 is 53.0. The van der Waals surface area contributed by atoms with Gasteiger partial charge in [-0.05, 0) is 48.4 Å². The van der Waals surface area contributed by atoms with Gasteiger partial charge in [-0.15, -0.1) is 0 Å². The van der Waals surface area contributed by atoms with Crippen LogP contribution in [-0.2, 0) is 21.3 Å². The third-order valence-electron chi connectivity index (χ3n) is 8.68. The summed E-state index contributed by atoms with van der Waals surface area (Å²) >= 11 is 0. The molecule has 2 aliphatic heterocycles. The summed E-state index contributed by atoms with van der Waals surface area (Å²) in [5, 5.41) is 32.3. The molecule has 1 saturated heterocycles. The average Bonchev–Trinajstić information content (AvgIpc) is 3.57. The molecule has 0 amide bonds. The summed E-state index contributed by atoms with van der Waals surface area (Å²) in [5.74, 6) is -0.0774. The van der Waals surface area contributed by atoms with Crippen molar-refractivity contribution >= 4 is 0 Å². The number of alkyl halides is 3. The van der Waals surface area contributed by atoms with Gasteiger partial charge in [0.1, 0.15) is 12.2 Å². The topological polar surface area (TPSA) is 95.6 Å². The van der Waals surface area contributed by atoms with Crippen LogP contribution in [0.5, 0.6) is 0 Å². The van der Waals surface area contributed by atoms with Crippen LogP contribution in [0.4, 0.5) is 13.2 Å². The molecule has 0 radical (unpaired) electrons. The van der Waals surface area contributed by atoms with Gasteiger partial charge in [-0.25, -0.2) is 0 Å². The van der Waals surface area contributed by atoms with Gasteiger partial charge in [0.2, 0.25) is 0 Å². The van der Waals surface area contributed by atoms with Crippen LogP contribution in [0, 0.1) is 16.7 Å². The van der Waals surface area contributed by atoms with E-state index in [2.05, 4.69) is 0 Å². The highest BCUT2D eigenvalue weighted by Crippen LogP contribution is 2.66. The highest BCUT2D eigenvalue weighted by atomic mass is 19.4.